The molecular formula is C20H18FN3O2S. The molecule has 7 heteroatoms. The van der Waals surface area contributed by atoms with Crippen LogP contribution < -0.4 is 10.6 Å². The van der Waals surface area contributed by atoms with Gasteiger partial charge in [-0.3, -0.25) is 9.59 Å². The van der Waals surface area contributed by atoms with Gasteiger partial charge in [-0.2, -0.15) is 0 Å². The van der Waals surface area contributed by atoms with E-state index in [4.69, 9.17) is 0 Å². The van der Waals surface area contributed by atoms with E-state index in [0.29, 0.717) is 27.6 Å². The average molecular weight is 383 g/mol. The summed E-state index contributed by atoms with van der Waals surface area (Å²) in [5.74, 6) is -0.724. The van der Waals surface area contributed by atoms with Gasteiger partial charge in [0.25, 0.3) is 0 Å². The standard InChI is InChI=1S/C20H18FN3O2S/c1-12-18(27-20(22-12)16-8-3-4-9-17(16)21)11-19(26)24-15-7-5-6-14(10-15)23-13(2)25/h3-10H,11H2,1-2H3,(H,23,25)(H,24,26). The van der Waals surface area contributed by atoms with E-state index in [2.05, 4.69) is 15.6 Å². The summed E-state index contributed by atoms with van der Waals surface area (Å²) in [4.78, 5) is 28.7. The maximum absolute atomic E-state index is 14.0. The number of thiazole rings is 1. The molecule has 3 aromatic rings. The SMILES string of the molecule is CC(=O)Nc1cccc(NC(=O)Cc2sc(-c3ccccc3F)nc2C)c1. The second-order valence-corrected chi connectivity index (χ2v) is 7.08. The molecule has 0 fully saturated rings. The first kappa shape index (κ1) is 18.7. The number of aromatic nitrogens is 1. The third kappa shape index (κ3) is 4.77. The molecule has 0 saturated carbocycles. The second kappa shape index (κ2) is 8.09. The van der Waals surface area contributed by atoms with Crippen molar-refractivity contribution in [3.05, 3.63) is 64.9 Å². The van der Waals surface area contributed by atoms with E-state index in [1.807, 2.05) is 0 Å². The van der Waals surface area contributed by atoms with Gasteiger partial charge in [-0.05, 0) is 37.3 Å². The van der Waals surface area contributed by atoms with Crippen molar-refractivity contribution in [2.75, 3.05) is 10.6 Å². The highest BCUT2D eigenvalue weighted by atomic mass is 32.1. The van der Waals surface area contributed by atoms with E-state index in [1.165, 1.54) is 24.3 Å². The van der Waals surface area contributed by atoms with E-state index in [-0.39, 0.29) is 24.1 Å². The lowest BCUT2D eigenvalue weighted by molar-refractivity contribution is -0.115. The summed E-state index contributed by atoms with van der Waals surface area (Å²) < 4.78 is 14.0. The van der Waals surface area contributed by atoms with Gasteiger partial charge in [0.05, 0.1) is 12.1 Å². The highest BCUT2D eigenvalue weighted by Crippen LogP contribution is 2.30. The summed E-state index contributed by atoms with van der Waals surface area (Å²) in [5, 5.41) is 6.03. The number of nitrogens with zero attached hydrogens (tertiary/aromatic N) is 1. The second-order valence-electron chi connectivity index (χ2n) is 5.99. The van der Waals surface area contributed by atoms with Crippen LogP contribution >= 0.6 is 11.3 Å². The summed E-state index contributed by atoms with van der Waals surface area (Å²) in [5.41, 5.74) is 2.33. The largest absolute Gasteiger partial charge is 0.326 e. The van der Waals surface area contributed by atoms with Crippen LogP contribution in [0.15, 0.2) is 48.5 Å². The molecule has 2 amide bonds. The minimum atomic E-state index is -0.336. The Hall–Kier alpha value is -3.06. The van der Waals surface area contributed by atoms with Gasteiger partial charge in [0.2, 0.25) is 11.8 Å². The third-order valence-corrected chi connectivity index (χ3v) is 4.98. The van der Waals surface area contributed by atoms with E-state index >= 15 is 0 Å². The molecule has 1 heterocycles. The number of hydrogen-bond donors (Lipinski definition) is 2. The van der Waals surface area contributed by atoms with Gasteiger partial charge in [-0.15, -0.1) is 11.3 Å². The number of halogens is 1. The predicted octanol–water partition coefficient (Wildman–Crippen LogP) is 4.40. The summed E-state index contributed by atoms with van der Waals surface area (Å²) in [7, 11) is 0. The van der Waals surface area contributed by atoms with Gasteiger partial charge in [-0.25, -0.2) is 9.37 Å². The Balaban J connectivity index is 1.72. The van der Waals surface area contributed by atoms with Gasteiger partial charge in [0, 0.05) is 28.7 Å². The van der Waals surface area contributed by atoms with Gasteiger partial charge in [0.15, 0.2) is 0 Å². The number of anilines is 2. The topological polar surface area (TPSA) is 71.1 Å². The summed E-state index contributed by atoms with van der Waals surface area (Å²) in [6, 6.07) is 13.4. The maximum atomic E-state index is 14.0. The van der Waals surface area contributed by atoms with Crippen LogP contribution in [0.25, 0.3) is 10.6 Å². The fourth-order valence-electron chi connectivity index (χ4n) is 2.57. The van der Waals surface area contributed by atoms with Crippen LogP contribution in [0.4, 0.5) is 15.8 Å². The lowest BCUT2D eigenvalue weighted by Crippen LogP contribution is -2.14. The molecule has 5 nitrogen and oxygen atoms in total. The fraction of sp³-hybridized carbons (Fsp3) is 0.150. The van der Waals surface area contributed by atoms with Crippen LogP contribution in [0.3, 0.4) is 0 Å². The molecule has 3 rings (SSSR count). The predicted molar refractivity (Wildman–Crippen MR) is 105 cm³/mol. The molecule has 138 valence electrons. The van der Waals surface area contributed by atoms with Crippen LogP contribution in [0.5, 0.6) is 0 Å². The Bertz CT molecular complexity index is 1000. The van der Waals surface area contributed by atoms with Crippen LogP contribution in [0, 0.1) is 12.7 Å². The Kier molecular flexibility index (Phi) is 5.61. The average Bonchev–Trinajstić information content (AvgIpc) is 2.95. The molecule has 0 bridgehead atoms. The van der Waals surface area contributed by atoms with E-state index in [1.54, 1.807) is 49.4 Å². The number of carbonyl (C=O) groups is 2. The Morgan fingerprint density at radius 1 is 1.07 bits per heavy atom. The summed E-state index contributed by atoms with van der Waals surface area (Å²) >= 11 is 1.31. The van der Waals surface area contributed by atoms with Crippen LogP contribution in [0.2, 0.25) is 0 Å². The number of benzene rings is 2. The Morgan fingerprint density at radius 3 is 2.48 bits per heavy atom. The number of rotatable bonds is 5. The molecule has 27 heavy (non-hydrogen) atoms. The van der Waals surface area contributed by atoms with Gasteiger partial charge in [-0.1, -0.05) is 18.2 Å². The van der Waals surface area contributed by atoms with E-state index in [9.17, 15) is 14.0 Å². The fourth-order valence-corrected chi connectivity index (χ4v) is 3.66. The molecule has 0 aliphatic rings. The lowest BCUT2D eigenvalue weighted by Gasteiger charge is -2.07. The Morgan fingerprint density at radius 2 is 1.78 bits per heavy atom. The third-order valence-electron chi connectivity index (χ3n) is 3.78. The zero-order chi connectivity index (χ0) is 19.4. The molecule has 0 unspecified atom stereocenters. The van der Waals surface area contributed by atoms with Crippen molar-refractivity contribution < 1.29 is 14.0 Å². The van der Waals surface area contributed by atoms with Crippen LogP contribution in [-0.4, -0.2) is 16.8 Å². The number of nitrogens with one attached hydrogen (secondary N) is 2. The van der Waals surface area contributed by atoms with Crippen LogP contribution in [0.1, 0.15) is 17.5 Å². The van der Waals surface area contributed by atoms with Crippen molar-refractivity contribution in [2.24, 2.45) is 0 Å². The minimum absolute atomic E-state index is 0.141. The van der Waals surface area contributed by atoms with Crippen molar-refractivity contribution in [2.45, 2.75) is 20.3 Å². The zero-order valence-electron chi connectivity index (χ0n) is 14.9. The van der Waals surface area contributed by atoms with Crippen molar-refractivity contribution >= 4 is 34.5 Å². The highest BCUT2D eigenvalue weighted by molar-refractivity contribution is 7.15. The van der Waals surface area contributed by atoms with Crippen molar-refractivity contribution in [1.82, 2.24) is 4.98 Å². The highest BCUT2D eigenvalue weighted by Gasteiger charge is 2.15. The molecule has 0 radical (unpaired) electrons. The molecule has 2 N–H and O–H groups in total. The van der Waals surface area contributed by atoms with Gasteiger partial charge >= 0.3 is 0 Å². The summed E-state index contributed by atoms with van der Waals surface area (Å²) in [6.45, 7) is 3.23. The normalized spacial score (nSPS) is 10.5. The van der Waals surface area contributed by atoms with Crippen LogP contribution in [-0.2, 0) is 16.0 Å². The molecule has 0 aliphatic heterocycles. The smallest absolute Gasteiger partial charge is 0.229 e. The first-order chi connectivity index (χ1) is 12.9. The van der Waals surface area contributed by atoms with Crippen molar-refractivity contribution in [1.29, 1.82) is 0 Å². The maximum Gasteiger partial charge on any atom is 0.229 e. The molecule has 1 aromatic heterocycles. The zero-order valence-corrected chi connectivity index (χ0v) is 15.7. The molecule has 0 spiro atoms. The monoisotopic (exact) mass is 383 g/mol. The van der Waals surface area contributed by atoms with Crippen molar-refractivity contribution in [3.8, 4) is 10.6 Å². The molecular weight excluding hydrogens is 365 g/mol. The quantitative estimate of drug-likeness (QED) is 0.686. The molecule has 0 aliphatic carbocycles. The lowest BCUT2D eigenvalue weighted by atomic mass is 10.2. The number of aryl methyl sites for hydroxylation is 1. The summed E-state index contributed by atoms with van der Waals surface area (Å²) in [6.07, 6.45) is 0.141. The van der Waals surface area contributed by atoms with E-state index in [0.717, 1.165) is 4.88 Å². The number of hydrogen-bond acceptors (Lipinski definition) is 4. The molecule has 2 aromatic carbocycles. The van der Waals surface area contributed by atoms with Crippen molar-refractivity contribution in [3.63, 3.8) is 0 Å². The first-order valence-corrected chi connectivity index (χ1v) is 9.13. The van der Waals surface area contributed by atoms with Gasteiger partial charge in [0.1, 0.15) is 10.8 Å². The first-order valence-electron chi connectivity index (χ1n) is 8.31. The van der Waals surface area contributed by atoms with Gasteiger partial charge < -0.3 is 10.6 Å². The Labute approximate surface area is 160 Å². The number of carbonyl (C=O) groups excluding carboxylic acids is 2. The number of amides is 2. The molecule has 0 atom stereocenters. The molecule has 0 saturated heterocycles. The van der Waals surface area contributed by atoms with E-state index < -0.39 is 0 Å². The minimum Gasteiger partial charge on any atom is -0.326 e.